The largest absolute Gasteiger partial charge is 0.474 e. The van der Waals surface area contributed by atoms with Crippen LogP contribution in [0.1, 0.15) is 0 Å². The summed E-state index contributed by atoms with van der Waals surface area (Å²) >= 11 is 0. The summed E-state index contributed by atoms with van der Waals surface area (Å²) in [7, 11) is 3.28. The van der Waals surface area contributed by atoms with Gasteiger partial charge < -0.3 is 14.6 Å². The molecular formula is C11H11N3O3. The number of carbonyl (C=O) groups is 2. The topological polar surface area (TPSA) is 75.4 Å². The minimum Gasteiger partial charge on any atom is -0.474 e. The highest BCUT2D eigenvalue weighted by Gasteiger charge is 2.18. The van der Waals surface area contributed by atoms with Crippen LogP contribution in [-0.4, -0.2) is 33.6 Å². The normalized spacial score (nSPS) is 10.5. The number of aromatic nitrogens is 2. The third kappa shape index (κ3) is 1.84. The van der Waals surface area contributed by atoms with Gasteiger partial charge in [-0.15, -0.1) is 0 Å². The number of carbonyl (C=O) groups excluding carboxylic acids is 1. The third-order valence-corrected chi connectivity index (χ3v) is 2.58. The summed E-state index contributed by atoms with van der Waals surface area (Å²) in [5.41, 5.74) is 2.14. The van der Waals surface area contributed by atoms with Crippen LogP contribution in [0.5, 0.6) is 0 Å². The monoisotopic (exact) mass is 233 g/mol. The molecule has 0 aliphatic rings. The molecule has 1 N–H and O–H groups in total. The third-order valence-electron chi connectivity index (χ3n) is 2.58. The summed E-state index contributed by atoms with van der Waals surface area (Å²) in [5.74, 6) is -2.45. The molecule has 1 heterocycles. The quantitative estimate of drug-likeness (QED) is 0.732. The van der Waals surface area contributed by atoms with Gasteiger partial charge in [0, 0.05) is 19.8 Å². The average Bonchev–Trinajstić information content (AvgIpc) is 2.68. The molecule has 0 aliphatic carbocycles. The van der Waals surface area contributed by atoms with Crippen LogP contribution in [0.4, 0.5) is 5.69 Å². The molecule has 88 valence electrons. The summed E-state index contributed by atoms with van der Waals surface area (Å²) in [4.78, 5) is 27.1. The molecule has 1 amide bonds. The Kier molecular flexibility index (Phi) is 2.55. The molecule has 6 nitrogen and oxygen atoms in total. The smallest absolute Gasteiger partial charge is 0.394 e. The standard InChI is InChI=1S/C11H11N3O3/c1-13-6-12-8-5-7(3-4-9(8)13)14(2)10(15)11(16)17/h3-6H,1-2H3,(H,16,17). The Hall–Kier alpha value is -2.37. The van der Waals surface area contributed by atoms with Gasteiger partial charge in [-0.25, -0.2) is 9.78 Å². The minimum absolute atomic E-state index is 0.503. The lowest BCUT2D eigenvalue weighted by atomic mass is 10.2. The molecule has 0 bridgehead atoms. The van der Waals surface area contributed by atoms with Gasteiger partial charge in [-0.3, -0.25) is 4.79 Å². The summed E-state index contributed by atoms with van der Waals surface area (Å²) in [6, 6.07) is 5.16. The number of anilines is 1. The summed E-state index contributed by atoms with van der Waals surface area (Å²) in [5, 5.41) is 8.62. The molecule has 0 atom stereocenters. The van der Waals surface area contributed by atoms with Crippen molar-refractivity contribution in [2.75, 3.05) is 11.9 Å². The van der Waals surface area contributed by atoms with Gasteiger partial charge in [0.2, 0.25) is 0 Å². The number of aryl methyl sites for hydroxylation is 1. The zero-order chi connectivity index (χ0) is 12.6. The number of rotatable bonds is 1. The van der Waals surface area contributed by atoms with Gasteiger partial charge in [0.1, 0.15) is 0 Å². The van der Waals surface area contributed by atoms with Crippen molar-refractivity contribution >= 4 is 28.6 Å². The van der Waals surface area contributed by atoms with Crippen LogP contribution in [0.15, 0.2) is 24.5 Å². The average molecular weight is 233 g/mol. The van der Waals surface area contributed by atoms with Gasteiger partial charge in [0.25, 0.3) is 0 Å². The van der Waals surface area contributed by atoms with Gasteiger partial charge in [-0.05, 0) is 18.2 Å². The summed E-state index contributed by atoms with van der Waals surface area (Å²) in [6.45, 7) is 0. The van der Waals surface area contributed by atoms with E-state index in [-0.39, 0.29) is 0 Å². The molecule has 6 heteroatoms. The molecule has 0 fully saturated rings. The van der Waals surface area contributed by atoms with Crippen LogP contribution in [-0.2, 0) is 16.6 Å². The van der Waals surface area contributed by atoms with Crippen molar-refractivity contribution in [3.8, 4) is 0 Å². The summed E-state index contributed by atoms with van der Waals surface area (Å²) in [6.07, 6.45) is 1.66. The minimum atomic E-state index is -1.48. The van der Waals surface area contributed by atoms with Crippen molar-refractivity contribution in [3.63, 3.8) is 0 Å². The Bertz CT molecular complexity index is 603. The number of amides is 1. The predicted molar refractivity (Wildman–Crippen MR) is 61.8 cm³/mol. The molecule has 2 aromatic rings. The molecule has 0 radical (unpaired) electrons. The van der Waals surface area contributed by atoms with Crippen LogP contribution in [0, 0.1) is 0 Å². The first-order chi connectivity index (χ1) is 8.00. The Labute approximate surface area is 97.1 Å². The van der Waals surface area contributed by atoms with Crippen molar-refractivity contribution in [2.45, 2.75) is 0 Å². The van der Waals surface area contributed by atoms with Gasteiger partial charge in [-0.1, -0.05) is 0 Å². The number of nitrogens with zero attached hydrogens (tertiary/aromatic N) is 3. The highest BCUT2D eigenvalue weighted by Crippen LogP contribution is 2.20. The van der Waals surface area contributed by atoms with E-state index in [4.69, 9.17) is 5.11 Å². The van der Waals surface area contributed by atoms with Crippen LogP contribution in [0.3, 0.4) is 0 Å². The lowest BCUT2D eigenvalue weighted by molar-refractivity contribution is -0.148. The van der Waals surface area contributed by atoms with Gasteiger partial charge >= 0.3 is 11.9 Å². The van der Waals surface area contributed by atoms with Crippen molar-refractivity contribution in [2.24, 2.45) is 7.05 Å². The molecule has 0 spiro atoms. The second kappa shape index (κ2) is 3.89. The van der Waals surface area contributed by atoms with E-state index in [0.717, 1.165) is 15.9 Å². The van der Waals surface area contributed by atoms with E-state index in [2.05, 4.69) is 4.98 Å². The number of hydrogen-bond acceptors (Lipinski definition) is 3. The van der Waals surface area contributed by atoms with E-state index in [1.807, 2.05) is 11.6 Å². The van der Waals surface area contributed by atoms with E-state index < -0.39 is 11.9 Å². The molecule has 17 heavy (non-hydrogen) atoms. The highest BCUT2D eigenvalue weighted by molar-refractivity contribution is 6.37. The van der Waals surface area contributed by atoms with Crippen molar-refractivity contribution in [1.82, 2.24) is 9.55 Å². The molecule has 1 aromatic carbocycles. The van der Waals surface area contributed by atoms with Gasteiger partial charge in [0.05, 0.1) is 17.4 Å². The number of carboxylic acid groups (broad SMARTS) is 1. The zero-order valence-corrected chi connectivity index (χ0v) is 9.41. The number of aliphatic carboxylic acids is 1. The fourth-order valence-corrected chi connectivity index (χ4v) is 1.59. The molecular weight excluding hydrogens is 222 g/mol. The molecule has 0 saturated carbocycles. The van der Waals surface area contributed by atoms with Crippen LogP contribution < -0.4 is 4.90 Å². The molecule has 2 rings (SSSR count). The molecule has 0 aliphatic heterocycles. The second-order valence-corrected chi connectivity index (χ2v) is 3.70. The van der Waals surface area contributed by atoms with E-state index in [9.17, 15) is 9.59 Å². The maximum atomic E-state index is 11.3. The lowest BCUT2D eigenvalue weighted by Gasteiger charge is -2.14. The maximum Gasteiger partial charge on any atom is 0.394 e. The first-order valence-electron chi connectivity index (χ1n) is 4.93. The number of imidazole rings is 1. The van der Waals surface area contributed by atoms with Crippen molar-refractivity contribution < 1.29 is 14.7 Å². The Morgan fingerprint density at radius 2 is 2.12 bits per heavy atom. The second-order valence-electron chi connectivity index (χ2n) is 3.70. The molecule has 1 aromatic heterocycles. The fourth-order valence-electron chi connectivity index (χ4n) is 1.59. The summed E-state index contributed by atoms with van der Waals surface area (Å²) < 4.78 is 1.85. The van der Waals surface area contributed by atoms with Crippen molar-refractivity contribution in [1.29, 1.82) is 0 Å². The Morgan fingerprint density at radius 1 is 1.41 bits per heavy atom. The van der Waals surface area contributed by atoms with Gasteiger partial charge in [0.15, 0.2) is 0 Å². The number of fused-ring (bicyclic) bond motifs is 1. The Morgan fingerprint density at radius 3 is 2.76 bits per heavy atom. The molecule has 0 unspecified atom stereocenters. The molecule has 0 saturated heterocycles. The SMILES string of the molecule is CN(C(=O)C(=O)O)c1ccc2c(c1)ncn2C. The Balaban J connectivity index is 2.43. The lowest BCUT2D eigenvalue weighted by Crippen LogP contribution is -2.32. The van der Waals surface area contributed by atoms with Gasteiger partial charge in [-0.2, -0.15) is 0 Å². The highest BCUT2D eigenvalue weighted by atomic mass is 16.4. The number of carboxylic acids is 1. The number of likely N-dealkylation sites (N-methyl/N-ethyl adjacent to an activating group) is 1. The zero-order valence-electron chi connectivity index (χ0n) is 9.41. The first kappa shape index (κ1) is 11.1. The van der Waals surface area contributed by atoms with E-state index >= 15 is 0 Å². The number of benzene rings is 1. The van der Waals surface area contributed by atoms with Crippen LogP contribution in [0.2, 0.25) is 0 Å². The van der Waals surface area contributed by atoms with Crippen LogP contribution >= 0.6 is 0 Å². The van der Waals surface area contributed by atoms with E-state index in [1.54, 1.807) is 24.5 Å². The maximum absolute atomic E-state index is 11.3. The van der Waals surface area contributed by atoms with E-state index in [0.29, 0.717) is 5.69 Å². The first-order valence-corrected chi connectivity index (χ1v) is 4.93. The predicted octanol–water partition coefficient (Wildman–Crippen LogP) is 0.621. The van der Waals surface area contributed by atoms with E-state index in [1.165, 1.54) is 7.05 Å². The van der Waals surface area contributed by atoms with Crippen molar-refractivity contribution in [3.05, 3.63) is 24.5 Å². The van der Waals surface area contributed by atoms with Crippen LogP contribution in [0.25, 0.3) is 11.0 Å². The fraction of sp³-hybridized carbons (Fsp3) is 0.182. The number of hydrogen-bond donors (Lipinski definition) is 1.